The van der Waals surface area contributed by atoms with Gasteiger partial charge in [-0.25, -0.2) is 14.3 Å². The van der Waals surface area contributed by atoms with E-state index in [0.29, 0.717) is 28.4 Å². The molecule has 9 heteroatoms. The molecule has 0 saturated heterocycles. The quantitative estimate of drug-likeness (QED) is 0.769. The first-order valence-corrected chi connectivity index (χ1v) is 7.54. The fourth-order valence-electron chi connectivity index (χ4n) is 2.84. The largest absolute Gasteiger partial charge is 0.431 e. The molecule has 0 aliphatic rings. The summed E-state index contributed by atoms with van der Waals surface area (Å²) in [6.45, 7) is 3.72. The van der Waals surface area contributed by atoms with Crippen LogP contribution in [0.5, 0.6) is 0 Å². The number of halogens is 3. The molecule has 2 aromatic heterocycles. The molecule has 0 saturated carbocycles. The smallest absolute Gasteiger partial charge is 0.331 e. The lowest BCUT2D eigenvalue weighted by atomic mass is 10.1. The monoisotopic (exact) mass is 352 g/mol. The standard InChI is InChI=1S/C16H15F3N4O2/c1-4-9-5-6-10(13-14(9)22(3)8(2)20-13)23-12(24)7-11(16(17,18)19)21-15(23)25/h5-7H,4H2,1-3H3,(H,21,25). The van der Waals surface area contributed by atoms with E-state index in [9.17, 15) is 22.8 Å². The third kappa shape index (κ3) is 2.65. The van der Waals surface area contributed by atoms with E-state index in [0.717, 1.165) is 11.1 Å². The fourth-order valence-corrected chi connectivity index (χ4v) is 2.84. The zero-order valence-corrected chi connectivity index (χ0v) is 13.7. The van der Waals surface area contributed by atoms with Crippen LogP contribution in [0, 0.1) is 6.92 Å². The highest BCUT2D eigenvalue weighted by Gasteiger charge is 2.33. The Morgan fingerprint density at radius 1 is 1.24 bits per heavy atom. The van der Waals surface area contributed by atoms with E-state index in [2.05, 4.69) is 4.98 Å². The molecule has 3 aromatic rings. The predicted octanol–water partition coefficient (Wildman–Crippen LogP) is 2.30. The van der Waals surface area contributed by atoms with Crippen LogP contribution in [0.3, 0.4) is 0 Å². The second kappa shape index (κ2) is 5.61. The van der Waals surface area contributed by atoms with Gasteiger partial charge in [0, 0.05) is 13.1 Å². The van der Waals surface area contributed by atoms with Crippen LogP contribution in [0.4, 0.5) is 13.2 Å². The molecule has 0 unspecified atom stereocenters. The van der Waals surface area contributed by atoms with Crippen LogP contribution in [0.25, 0.3) is 16.7 Å². The SMILES string of the molecule is CCc1ccc(-n2c(=O)cc(C(F)(F)F)[nH]c2=O)c2nc(C)n(C)c12. The van der Waals surface area contributed by atoms with Crippen LogP contribution in [0.15, 0.2) is 27.8 Å². The van der Waals surface area contributed by atoms with Gasteiger partial charge in [0.25, 0.3) is 5.56 Å². The molecule has 2 heterocycles. The minimum Gasteiger partial charge on any atom is -0.331 e. The number of rotatable bonds is 2. The number of fused-ring (bicyclic) bond motifs is 1. The van der Waals surface area contributed by atoms with Gasteiger partial charge < -0.3 is 9.55 Å². The van der Waals surface area contributed by atoms with Crippen molar-refractivity contribution < 1.29 is 13.2 Å². The van der Waals surface area contributed by atoms with Crippen molar-refractivity contribution in [3.05, 3.63) is 56.1 Å². The van der Waals surface area contributed by atoms with E-state index in [1.165, 1.54) is 6.07 Å². The van der Waals surface area contributed by atoms with Gasteiger partial charge in [-0.1, -0.05) is 13.0 Å². The molecule has 0 fully saturated rings. The van der Waals surface area contributed by atoms with Crippen LogP contribution in [-0.2, 0) is 19.6 Å². The zero-order chi connectivity index (χ0) is 18.5. The van der Waals surface area contributed by atoms with E-state index in [1.807, 2.05) is 11.5 Å². The second-order valence-corrected chi connectivity index (χ2v) is 5.67. The maximum atomic E-state index is 12.8. The van der Waals surface area contributed by atoms with Crippen molar-refractivity contribution in [2.45, 2.75) is 26.4 Å². The van der Waals surface area contributed by atoms with E-state index in [-0.39, 0.29) is 5.69 Å². The number of H-pyrrole nitrogens is 1. The van der Waals surface area contributed by atoms with Crippen molar-refractivity contribution in [3.63, 3.8) is 0 Å². The van der Waals surface area contributed by atoms with E-state index < -0.39 is 23.1 Å². The Kier molecular flexibility index (Phi) is 3.81. The van der Waals surface area contributed by atoms with Crippen molar-refractivity contribution >= 4 is 11.0 Å². The number of aromatic nitrogens is 4. The van der Waals surface area contributed by atoms with Crippen LogP contribution in [0.1, 0.15) is 24.0 Å². The number of hydrogen-bond acceptors (Lipinski definition) is 3. The highest BCUT2D eigenvalue weighted by Crippen LogP contribution is 2.27. The lowest BCUT2D eigenvalue weighted by Crippen LogP contribution is -2.36. The fraction of sp³-hybridized carbons (Fsp3) is 0.312. The topological polar surface area (TPSA) is 72.7 Å². The molecule has 0 radical (unpaired) electrons. The first kappa shape index (κ1) is 17.0. The van der Waals surface area contributed by atoms with E-state index >= 15 is 0 Å². The van der Waals surface area contributed by atoms with Gasteiger partial charge >= 0.3 is 11.9 Å². The van der Waals surface area contributed by atoms with Gasteiger partial charge in [-0.3, -0.25) is 4.79 Å². The number of imidazole rings is 1. The summed E-state index contributed by atoms with van der Waals surface area (Å²) in [5.41, 5.74) is -1.36. The molecule has 6 nitrogen and oxygen atoms in total. The van der Waals surface area contributed by atoms with Gasteiger partial charge in [-0.2, -0.15) is 13.2 Å². The summed E-state index contributed by atoms with van der Waals surface area (Å²) < 4.78 is 40.8. The average Bonchev–Trinajstić information content (AvgIpc) is 2.82. The summed E-state index contributed by atoms with van der Waals surface area (Å²) in [6.07, 6.45) is -4.10. The molecule has 1 aromatic carbocycles. The predicted molar refractivity (Wildman–Crippen MR) is 86.0 cm³/mol. The molecule has 0 spiro atoms. The molecule has 3 rings (SSSR count). The number of alkyl halides is 3. The molecule has 0 aliphatic heterocycles. The van der Waals surface area contributed by atoms with E-state index in [1.54, 1.807) is 25.0 Å². The van der Waals surface area contributed by atoms with Crippen molar-refractivity contribution in [1.29, 1.82) is 0 Å². The average molecular weight is 352 g/mol. The van der Waals surface area contributed by atoms with Crippen LogP contribution in [-0.4, -0.2) is 19.1 Å². The van der Waals surface area contributed by atoms with Crippen LogP contribution >= 0.6 is 0 Å². The molecule has 0 atom stereocenters. The normalized spacial score (nSPS) is 12.1. The van der Waals surface area contributed by atoms with Crippen molar-refractivity contribution in [1.82, 2.24) is 19.1 Å². The summed E-state index contributed by atoms with van der Waals surface area (Å²) in [7, 11) is 1.80. The van der Waals surface area contributed by atoms with Crippen molar-refractivity contribution in [2.75, 3.05) is 0 Å². The third-order valence-corrected chi connectivity index (χ3v) is 4.17. The van der Waals surface area contributed by atoms with Gasteiger partial charge in [-0.05, 0) is 25.0 Å². The number of nitrogens with one attached hydrogen (secondary N) is 1. The van der Waals surface area contributed by atoms with Gasteiger partial charge in [0.1, 0.15) is 17.0 Å². The lowest BCUT2D eigenvalue weighted by Gasteiger charge is -2.11. The first-order chi connectivity index (χ1) is 11.6. The van der Waals surface area contributed by atoms with Gasteiger partial charge in [0.15, 0.2) is 0 Å². The Balaban J connectivity index is 2.38. The van der Waals surface area contributed by atoms with Crippen molar-refractivity contribution in [2.24, 2.45) is 7.05 Å². The Morgan fingerprint density at radius 3 is 2.48 bits per heavy atom. The molecule has 0 bridgehead atoms. The highest BCUT2D eigenvalue weighted by atomic mass is 19.4. The zero-order valence-electron chi connectivity index (χ0n) is 13.7. The third-order valence-electron chi connectivity index (χ3n) is 4.17. The Bertz CT molecular complexity index is 1060. The van der Waals surface area contributed by atoms with Gasteiger partial charge in [0.2, 0.25) is 0 Å². The second-order valence-electron chi connectivity index (χ2n) is 5.67. The molecule has 25 heavy (non-hydrogen) atoms. The summed E-state index contributed by atoms with van der Waals surface area (Å²) in [5.74, 6) is 0.661. The molecule has 1 N–H and O–H groups in total. The number of nitrogens with zero attached hydrogens (tertiary/aromatic N) is 3. The van der Waals surface area contributed by atoms with E-state index in [4.69, 9.17) is 0 Å². The first-order valence-electron chi connectivity index (χ1n) is 7.54. The summed E-state index contributed by atoms with van der Waals surface area (Å²) >= 11 is 0. The van der Waals surface area contributed by atoms with Crippen LogP contribution < -0.4 is 11.2 Å². The minimum atomic E-state index is -4.81. The Morgan fingerprint density at radius 2 is 1.92 bits per heavy atom. The highest BCUT2D eigenvalue weighted by molar-refractivity contribution is 5.87. The molecular formula is C16H15F3N4O2. The molecule has 132 valence electrons. The number of benzene rings is 1. The number of aromatic amines is 1. The maximum Gasteiger partial charge on any atom is 0.431 e. The minimum absolute atomic E-state index is 0.149. The number of hydrogen-bond donors (Lipinski definition) is 1. The van der Waals surface area contributed by atoms with Gasteiger partial charge in [0.05, 0.1) is 11.2 Å². The number of aryl methyl sites for hydroxylation is 3. The molecular weight excluding hydrogens is 337 g/mol. The summed E-state index contributed by atoms with van der Waals surface area (Å²) in [5, 5.41) is 0. The van der Waals surface area contributed by atoms with Gasteiger partial charge in [-0.15, -0.1) is 0 Å². The van der Waals surface area contributed by atoms with Crippen LogP contribution in [0.2, 0.25) is 0 Å². The Hall–Kier alpha value is -2.84. The maximum absolute atomic E-state index is 12.8. The molecule has 0 aliphatic carbocycles. The summed E-state index contributed by atoms with van der Waals surface area (Å²) in [6, 6.07) is 3.64. The lowest BCUT2D eigenvalue weighted by molar-refractivity contribution is -0.141. The van der Waals surface area contributed by atoms with Crippen molar-refractivity contribution in [3.8, 4) is 5.69 Å². The summed E-state index contributed by atoms with van der Waals surface area (Å²) in [4.78, 5) is 30.5. The molecule has 0 amide bonds. The Labute approximate surface area is 139 Å².